The second-order valence-corrected chi connectivity index (χ2v) is 8.20. The number of nitrogens with zero attached hydrogens (tertiary/aromatic N) is 4. The van der Waals surface area contributed by atoms with E-state index in [1.807, 2.05) is 30.0 Å². The van der Waals surface area contributed by atoms with Crippen LogP contribution in [0.3, 0.4) is 0 Å². The molecule has 4 rings (SSSR count). The number of hydrogen-bond donors (Lipinski definition) is 2. The number of carboxylic acids is 1. The van der Waals surface area contributed by atoms with Crippen molar-refractivity contribution in [1.82, 2.24) is 19.5 Å². The number of aliphatic carboxylic acids is 1. The van der Waals surface area contributed by atoms with Crippen LogP contribution in [0.15, 0.2) is 31.0 Å². The van der Waals surface area contributed by atoms with Gasteiger partial charge in [-0.2, -0.15) is 0 Å². The number of hydrogen-bond acceptors (Lipinski definition) is 6. The fourth-order valence-electron chi connectivity index (χ4n) is 3.05. The third-order valence-electron chi connectivity index (χ3n) is 4.76. The number of carboxylic acid groups (broad SMARTS) is 1. The molecule has 0 spiro atoms. The van der Waals surface area contributed by atoms with Crippen LogP contribution in [0.5, 0.6) is 0 Å². The predicted octanol–water partition coefficient (Wildman–Crippen LogP) is 2.96. The SMILES string of the molecule is Cc1cc(CC(C(=O)O)c2cn(Cc3cnc(C4CC4)s3)cn2)cnc1N. The minimum Gasteiger partial charge on any atom is -0.481 e. The van der Waals surface area contributed by atoms with Crippen LogP contribution < -0.4 is 5.73 Å². The van der Waals surface area contributed by atoms with Gasteiger partial charge in [0.05, 0.1) is 23.6 Å². The molecule has 0 aliphatic heterocycles. The highest BCUT2D eigenvalue weighted by atomic mass is 32.1. The Kier molecular flexibility index (Phi) is 4.65. The van der Waals surface area contributed by atoms with Gasteiger partial charge in [-0.05, 0) is 37.3 Å². The highest BCUT2D eigenvalue weighted by Crippen LogP contribution is 2.41. The van der Waals surface area contributed by atoms with Crippen molar-refractivity contribution in [1.29, 1.82) is 0 Å². The van der Waals surface area contributed by atoms with Crippen molar-refractivity contribution in [3.05, 3.63) is 57.7 Å². The third-order valence-corrected chi connectivity index (χ3v) is 5.90. The van der Waals surface area contributed by atoms with Crippen molar-refractivity contribution in [3.8, 4) is 0 Å². The van der Waals surface area contributed by atoms with Gasteiger partial charge in [-0.1, -0.05) is 6.07 Å². The highest BCUT2D eigenvalue weighted by molar-refractivity contribution is 7.11. The number of carbonyl (C=O) groups is 1. The summed E-state index contributed by atoms with van der Waals surface area (Å²) in [5.41, 5.74) is 7.97. The van der Waals surface area contributed by atoms with Crippen molar-refractivity contribution in [2.24, 2.45) is 0 Å². The van der Waals surface area contributed by atoms with Gasteiger partial charge in [0.1, 0.15) is 11.7 Å². The van der Waals surface area contributed by atoms with Gasteiger partial charge in [-0.3, -0.25) is 4.79 Å². The Hall–Kier alpha value is -2.74. The molecule has 0 radical (unpaired) electrons. The predicted molar refractivity (Wildman–Crippen MR) is 103 cm³/mol. The van der Waals surface area contributed by atoms with E-state index in [4.69, 9.17) is 5.73 Å². The largest absolute Gasteiger partial charge is 0.481 e. The van der Waals surface area contributed by atoms with Gasteiger partial charge in [-0.25, -0.2) is 15.0 Å². The molecule has 1 fully saturated rings. The monoisotopic (exact) mass is 383 g/mol. The van der Waals surface area contributed by atoms with E-state index in [1.165, 1.54) is 17.8 Å². The lowest BCUT2D eigenvalue weighted by molar-refractivity contribution is -0.138. The van der Waals surface area contributed by atoms with Crippen LogP contribution in [0.25, 0.3) is 0 Å². The summed E-state index contributed by atoms with van der Waals surface area (Å²) in [4.78, 5) is 25.9. The van der Waals surface area contributed by atoms with E-state index in [9.17, 15) is 9.90 Å². The Morgan fingerprint density at radius 3 is 2.89 bits per heavy atom. The molecule has 1 saturated carbocycles. The number of aryl methyl sites for hydroxylation is 1. The second-order valence-electron chi connectivity index (χ2n) is 7.05. The molecule has 0 aromatic carbocycles. The fraction of sp³-hybridized carbons (Fsp3) is 0.368. The quantitative estimate of drug-likeness (QED) is 0.649. The first-order chi connectivity index (χ1) is 13.0. The molecule has 8 heteroatoms. The minimum absolute atomic E-state index is 0.326. The lowest BCUT2D eigenvalue weighted by Gasteiger charge is -2.11. The van der Waals surface area contributed by atoms with Crippen molar-refractivity contribution < 1.29 is 9.90 Å². The third kappa shape index (κ3) is 4.00. The summed E-state index contributed by atoms with van der Waals surface area (Å²) in [6.07, 6.45) is 9.85. The van der Waals surface area contributed by atoms with Crippen LogP contribution in [0, 0.1) is 6.92 Å². The first-order valence-corrected chi connectivity index (χ1v) is 9.71. The van der Waals surface area contributed by atoms with E-state index in [0.717, 1.165) is 16.0 Å². The van der Waals surface area contributed by atoms with Gasteiger partial charge in [0.15, 0.2) is 0 Å². The summed E-state index contributed by atoms with van der Waals surface area (Å²) in [7, 11) is 0. The molecule has 0 amide bonds. The van der Waals surface area contributed by atoms with Crippen molar-refractivity contribution in [2.75, 3.05) is 5.73 Å². The lowest BCUT2D eigenvalue weighted by atomic mass is 9.97. The fourth-order valence-corrected chi connectivity index (χ4v) is 4.14. The maximum Gasteiger partial charge on any atom is 0.312 e. The lowest BCUT2D eigenvalue weighted by Crippen LogP contribution is -2.15. The summed E-state index contributed by atoms with van der Waals surface area (Å²) in [5.74, 6) is -0.511. The number of nitrogens with two attached hydrogens (primary N) is 1. The number of anilines is 1. The zero-order valence-corrected chi connectivity index (χ0v) is 15.8. The smallest absolute Gasteiger partial charge is 0.312 e. The maximum atomic E-state index is 11.8. The molecule has 27 heavy (non-hydrogen) atoms. The van der Waals surface area contributed by atoms with Crippen LogP contribution in [0.1, 0.15) is 51.4 Å². The Morgan fingerprint density at radius 2 is 2.19 bits per heavy atom. The molecule has 140 valence electrons. The Balaban J connectivity index is 1.49. The average Bonchev–Trinajstić information content (AvgIpc) is 3.21. The second kappa shape index (κ2) is 7.11. The van der Waals surface area contributed by atoms with Gasteiger partial charge < -0.3 is 15.4 Å². The van der Waals surface area contributed by atoms with Crippen molar-refractivity contribution in [2.45, 2.75) is 44.6 Å². The Bertz CT molecular complexity index is 976. The zero-order chi connectivity index (χ0) is 19.0. The van der Waals surface area contributed by atoms with E-state index < -0.39 is 11.9 Å². The van der Waals surface area contributed by atoms with Crippen LogP contribution in [-0.4, -0.2) is 30.6 Å². The highest BCUT2D eigenvalue weighted by Gasteiger charge is 2.27. The average molecular weight is 383 g/mol. The molecule has 1 aliphatic carbocycles. The van der Waals surface area contributed by atoms with Crippen LogP contribution in [0.2, 0.25) is 0 Å². The topological polar surface area (TPSA) is 107 Å². The van der Waals surface area contributed by atoms with Gasteiger partial charge >= 0.3 is 5.97 Å². The molecule has 1 unspecified atom stereocenters. The maximum absolute atomic E-state index is 11.8. The number of rotatable bonds is 7. The van der Waals surface area contributed by atoms with Crippen LogP contribution >= 0.6 is 11.3 Å². The summed E-state index contributed by atoms with van der Waals surface area (Å²) >= 11 is 1.73. The number of thiazole rings is 1. The molecule has 1 atom stereocenters. The van der Waals surface area contributed by atoms with E-state index >= 15 is 0 Å². The van der Waals surface area contributed by atoms with Crippen molar-refractivity contribution in [3.63, 3.8) is 0 Å². The van der Waals surface area contributed by atoms with E-state index in [-0.39, 0.29) is 0 Å². The number of imidazole rings is 1. The molecule has 3 aromatic heterocycles. The Labute approximate surface area is 160 Å². The van der Waals surface area contributed by atoms with Gasteiger partial charge in [0.25, 0.3) is 0 Å². The van der Waals surface area contributed by atoms with E-state index in [0.29, 0.717) is 30.4 Å². The summed E-state index contributed by atoms with van der Waals surface area (Å²) < 4.78 is 1.92. The molecule has 1 aliphatic rings. The zero-order valence-electron chi connectivity index (χ0n) is 15.0. The summed E-state index contributed by atoms with van der Waals surface area (Å²) in [5, 5.41) is 10.9. The van der Waals surface area contributed by atoms with E-state index in [2.05, 4.69) is 15.0 Å². The molecule has 3 aromatic rings. The molecule has 7 nitrogen and oxygen atoms in total. The summed E-state index contributed by atoms with van der Waals surface area (Å²) in [6.45, 7) is 2.52. The van der Waals surface area contributed by atoms with Crippen LogP contribution in [-0.2, 0) is 17.8 Å². The van der Waals surface area contributed by atoms with Gasteiger partial charge in [-0.15, -0.1) is 11.3 Å². The van der Waals surface area contributed by atoms with Crippen molar-refractivity contribution >= 4 is 23.1 Å². The summed E-state index contributed by atoms with van der Waals surface area (Å²) in [6, 6.07) is 1.88. The normalized spacial score (nSPS) is 15.0. The molecular formula is C19H21N5O2S. The molecule has 0 saturated heterocycles. The molecular weight excluding hydrogens is 362 g/mol. The molecule has 0 bridgehead atoms. The minimum atomic E-state index is -0.900. The Morgan fingerprint density at radius 1 is 1.37 bits per heavy atom. The van der Waals surface area contributed by atoms with Gasteiger partial charge in [0, 0.05) is 29.4 Å². The number of pyridine rings is 1. The molecule has 3 heterocycles. The van der Waals surface area contributed by atoms with Crippen LogP contribution in [0.4, 0.5) is 5.82 Å². The standard InChI is InChI=1S/C19H21N5O2S/c1-11-4-12(6-21-17(11)20)5-15(19(25)26)16-9-24(10-23-16)8-14-7-22-18(27-14)13-2-3-13/h4,6-7,9-10,13,15H,2-3,5,8H2,1H3,(H2,20,21)(H,25,26). The molecule has 3 N–H and O–H groups in total. The van der Waals surface area contributed by atoms with E-state index in [1.54, 1.807) is 23.9 Å². The number of nitrogen functional groups attached to an aromatic ring is 1. The first-order valence-electron chi connectivity index (χ1n) is 8.89. The first kappa shape index (κ1) is 17.7. The van der Waals surface area contributed by atoms with Gasteiger partial charge in [0.2, 0.25) is 0 Å². The number of aromatic nitrogens is 4.